The first-order chi connectivity index (χ1) is 9.56. The van der Waals surface area contributed by atoms with Gasteiger partial charge in [-0.3, -0.25) is 4.79 Å². The average molecular weight is 274 g/mol. The minimum Gasteiger partial charge on any atom is -0.489 e. The first-order valence-electron chi connectivity index (χ1n) is 6.26. The Balaban J connectivity index is 1.97. The fourth-order valence-electron chi connectivity index (χ4n) is 1.74. The van der Waals surface area contributed by atoms with Crippen molar-refractivity contribution in [1.29, 1.82) is 0 Å². The van der Waals surface area contributed by atoms with Crippen LogP contribution in [-0.2, 0) is 11.4 Å². The summed E-state index contributed by atoms with van der Waals surface area (Å²) in [6.07, 6.45) is 0. The van der Waals surface area contributed by atoms with Gasteiger partial charge >= 0.3 is 5.97 Å². The van der Waals surface area contributed by atoms with Crippen molar-refractivity contribution >= 4 is 5.97 Å². The largest absolute Gasteiger partial charge is 0.489 e. The second kappa shape index (κ2) is 6.19. The molecule has 0 amide bonds. The van der Waals surface area contributed by atoms with Gasteiger partial charge in [-0.25, -0.2) is 4.39 Å². The van der Waals surface area contributed by atoms with Crippen LogP contribution in [0.4, 0.5) is 4.39 Å². The van der Waals surface area contributed by atoms with E-state index in [0.29, 0.717) is 12.4 Å². The molecule has 1 N–H and O–H groups in total. The Morgan fingerprint density at radius 1 is 1.15 bits per heavy atom. The van der Waals surface area contributed by atoms with Gasteiger partial charge in [-0.1, -0.05) is 24.3 Å². The zero-order chi connectivity index (χ0) is 14.5. The summed E-state index contributed by atoms with van der Waals surface area (Å²) in [5.41, 5.74) is 1.68. The molecule has 2 aromatic carbocycles. The minimum absolute atomic E-state index is 0.302. The lowest BCUT2D eigenvalue weighted by atomic mass is 10.0. The number of halogens is 1. The van der Waals surface area contributed by atoms with Crippen molar-refractivity contribution < 1.29 is 19.0 Å². The van der Waals surface area contributed by atoms with Crippen LogP contribution in [0.15, 0.2) is 48.5 Å². The van der Waals surface area contributed by atoms with E-state index in [1.807, 2.05) is 12.1 Å². The van der Waals surface area contributed by atoms with Crippen LogP contribution in [0.3, 0.4) is 0 Å². The summed E-state index contributed by atoms with van der Waals surface area (Å²) in [6, 6.07) is 13.0. The van der Waals surface area contributed by atoms with E-state index in [2.05, 4.69) is 0 Å². The van der Waals surface area contributed by atoms with E-state index in [0.717, 1.165) is 11.1 Å². The highest BCUT2D eigenvalue weighted by Crippen LogP contribution is 2.18. The van der Waals surface area contributed by atoms with Gasteiger partial charge in [0.1, 0.15) is 18.2 Å². The zero-order valence-corrected chi connectivity index (χ0v) is 11.0. The Morgan fingerprint density at radius 3 is 2.30 bits per heavy atom. The van der Waals surface area contributed by atoms with Crippen molar-refractivity contribution in [2.45, 2.75) is 19.4 Å². The molecule has 0 saturated heterocycles. The molecule has 0 spiro atoms. The molecule has 0 bridgehead atoms. The van der Waals surface area contributed by atoms with Crippen molar-refractivity contribution in [3.63, 3.8) is 0 Å². The van der Waals surface area contributed by atoms with Gasteiger partial charge in [0.15, 0.2) is 0 Å². The Hall–Kier alpha value is -2.36. The van der Waals surface area contributed by atoms with Gasteiger partial charge < -0.3 is 9.84 Å². The standard InChI is InChI=1S/C16H15FO3/c1-11(16(18)19)13-4-2-12(3-5-13)10-20-15-8-6-14(17)7-9-15/h2-9,11H,10H2,1H3,(H,18,19). The van der Waals surface area contributed by atoms with E-state index in [4.69, 9.17) is 9.84 Å². The third kappa shape index (κ3) is 3.57. The predicted molar refractivity (Wildman–Crippen MR) is 73.2 cm³/mol. The van der Waals surface area contributed by atoms with Crippen molar-refractivity contribution in [2.24, 2.45) is 0 Å². The molecule has 2 rings (SSSR count). The molecule has 0 aromatic heterocycles. The van der Waals surface area contributed by atoms with Crippen molar-refractivity contribution in [3.05, 3.63) is 65.5 Å². The predicted octanol–water partition coefficient (Wildman–Crippen LogP) is 3.59. The maximum Gasteiger partial charge on any atom is 0.310 e. The Bertz CT molecular complexity index is 576. The van der Waals surface area contributed by atoms with Crippen molar-refractivity contribution in [3.8, 4) is 5.75 Å². The number of hydrogen-bond donors (Lipinski definition) is 1. The molecule has 0 aliphatic carbocycles. The van der Waals surface area contributed by atoms with E-state index in [-0.39, 0.29) is 5.82 Å². The summed E-state index contributed by atoms with van der Waals surface area (Å²) in [6.45, 7) is 2.00. The summed E-state index contributed by atoms with van der Waals surface area (Å²) in [5, 5.41) is 8.92. The lowest BCUT2D eigenvalue weighted by Gasteiger charge is -2.09. The number of carbonyl (C=O) groups is 1. The van der Waals surface area contributed by atoms with Crippen LogP contribution >= 0.6 is 0 Å². The van der Waals surface area contributed by atoms with Gasteiger partial charge in [-0.2, -0.15) is 0 Å². The maximum absolute atomic E-state index is 12.7. The van der Waals surface area contributed by atoms with E-state index in [1.165, 1.54) is 12.1 Å². The fourth-order valence-corrected chi connectivity index (χ4v) is 1.74. The molecule has 0 saturated carbocycles. The van der Waals surface area contributed by atoms with Crippen molar-refractivity contribution in [1.82, 2.24) is 0 Å². The number of rotatable bonds is 5. The summed E-state index contributed by atoms with van der Waals surface area (Å²) in [5.74, 6) is -1.08. The van der Waals surface area contributed by atoms with Gasteiger partial charge in [-0.15, -0.1) is 0 Å². The molecular formula is C16H15FO3. The quantitative estimate of drug-likeness (QED) is 0.906. The third-order valence-corrected chi connectivity index (χ3v) is 3.07. The van der Waals surface area contributed by atoms with E-state index in [1.54, 1.807) is 31.2 Å². The highest BCUT2D eigenvalue weighted by molar-refractivity contribution is 5.75. The first kappa shape index (κ1) is 14.1. The van der Waals surface area contributed by atoms with Crippen LogP contribution in [0, 0.1) is 5.82 Å². The number of aliphatic carboxylic acids is 1. The summed E-state index contributed by atoms with van der Waals surface area (Å²) < 4.78 is 18.2. The Labute approximate surface area is 116 Å². The summed E-state index contributed by atoms with van der Waals surface area (Å²) in [4.78, 5) is 10.9. The zero-order valence-electron chi connectivity index (χ0n) is 11.0. The van der Waals surface area contributed by atoms with Crippen LogP contribution in [-0.4, -0.2) is 11.1 Å². The van der Waals surface area contributed by atoms with Crippen LogP contribution in [0.2, 0.25) is 0 Å². The molecule has 20 heavy (non-hydrogen) atoms. The first-order valence-corrected chi connectivity index (χ1v) is 6.26. The molecule has 4 heteroatoms. The van der Waals surface area contributed by atoms with Crippen LogP contribution in [0.5, 0.6) is 5.75 Å². The molecule has 0 aliphatic heterocycles. The number of benzene rings is 2. The number of carboxylic acid groups (broad SMARTS) is 1. The van der Waals surface area contributed by atoms with Crippen LogP contribution in [0.1, 0.15) is 24.0 Å². The molecule has 1 atom stereocenters. The lowest BCUT2D eigenvalue weighted by molar-refractivity contribution is -0.138. The molecule has 104 valence electrons. The second-order valence-corrected chi connectivity index (χ2v) is 4.54. The van der Waals surface area contributed by atoms with E-state index < -0.39 is 11.9 Å². The summed E-state index contributed by atoms with van der Waals surface area (Å²) in [7, 11) is 0. The van der Waals surface area contributed by atoms with Crippen LogP contribution in [0.25, 0.3) is 0 Å². The molecule has 0 fully saturated rings. The normalized spacial score (nSPS) is 11.9. The topological polar surface area (TPSA) is 46.5 Å². The van der Waals surface area contributed by atoms with Gasteiger partial charge in [0.2, 0.25) is 0 Å². The highest BCUT2D eigenvalue weighted by atomic mass is 19.1. The number of ether oxygens (including phenoxy) is 1. The third-order valence-electron chi connectivity index (χ3n) is 3.07. The molecular weight excluding hydrogens is 259 g/mol. The minimum atomic E-state index is -0.847. The summed E-state index contributed by atoms with van der Waals surface area (Å²) >= 11 is 0. The second-order valence-electron chi connectivity index (χ2n) is 4.54. The monoisotopic (exact) mass is 274 g/mol. The number of carboxylic acids is 1. The Kier molecular flexibility index (Phi) is 4.35. The molecule has 0 heterocycles. The smallest absolute Gasteiger partial charge is 0.310 e. The Morgan fingerprint density at radius 2 is 1.75 bits per heavy atom. The lowest BCUT2D eigenvalue weighted by Crippen LogP contribution is -2.07. The molecule has 1 unspecified atom stereocenters. The maximum atomic E-state index is 12.7. The van der Waals surface area contributed by atoms with Gasteiger partial charge in [0, 0.05) is 0 Å². The highest BCUT2D eigenvalue weighted by Gasteiger charge is 2.12. The molecule has 2 aromatic rings. The van der Waals surface area contributed by atoms with Gasteiger partial charge in [0.05, 0.1) is 5.92 Å². The van der Waals surface area contributed by atoms with Gasteiger partial charge in [0.25, 0.3) is 0 Å². The molecule has 0 aliphatic rings. The van der Waals surface area contributed by atoms with Crippen LogP contribution < -0.4 is 4.74 Å². The van der Waals surface area contributed by atoms with Gasteiger partial charge in [-0.05, 0) is 42.3 Å². The van der Waals surface area contributed by atoms with Crippen molar-refractivity contribution in [2.75, 3.05) is 0 Å². The number of hydrogen-bond acceptors (Lipinski definition) is 2. The van der Waals surface area contributed by atoms with E-state index >= 15 is 0 Å². The molecule has 3 nitrogen and oxygen atoms in total. The average Bonchev–Trinajstić information content (AvgIpc) is 2.46. The van der Waals surface area contributed by atoms with E-state index in [9.17, 15) is 9.18 Å². The molecule has 0 radical (unpaired) electrons. The SMILES string of the molecule is CC(C(=O)O)c1ccc(COc2ccc(F)cc2)cc1. The fraction of sp³-hybridized carbons (Fsp3) is 0.188.